The summed E-state index contributed by atoms with van der Waals surface area (Å²) in [6.07, 6.45) is 1.47. The zero-order valence-electron chi connectivity index (χ0n) is 11.3. The van der Waals surface area contributed by atoms with Gasteiger partial charge in [-0.15, -0.1) is 0 Å². The van der Waals surface area contributed by atoms with Crippen LogP contribution in [0.4, 0.5) is 0 Å². The van der Waals surface area contributed by atoms with Gasteiger partial charge in [-0.25, -0.2) is 8.42 Å². The summed E-state index contributed by atoms with van der Waals surface area (Å²) in [7, 11) is -3.13. The molecule has 2 rings (SSSR count). The van der Waals surface area contributed by atoms with Crippen LogP contribution in [0.25, 0.3) is 0 Å². The van der Waals surface area contributed by atoms with E-state index in [1.807, 2.05) is 37.3 Å². The second kappa shape index (κ2) is 6.50. The quantitative estimate of drug-likeness (QED) is 0.832. The number of hydrogen-bond donors (Lipinski definition) is 0. The highest BCUT2D eigenvalue weighted by Gasteiger charge is 2.29. The van der Waals surface area contributed by atoms with Crippen LogP contribution in [-0.2, 0) is 14.8 Å². The van der Waals surface area contributed by atoms with Crippen LogP contribution < -0.4 is 0 Å². The average molecular weight is 283 g/mol. The Labute approximate surface area is 115 Å². The summed E-state index contributed by atoms with van der Waals surface area (Å²) < 4.78 is 31.6. The molecule has 5 heteroatoms. The number of rotatable bonds is 5. The zero-order valence-corrected chi connectivity index (χ0v) is 12.1. The predicted octanol–water partition coefficient (Wildman–Crippen LogP) is 2.19. The molecule has 19 heavy (non-hydrogen) atoms. The van der Waals surface area contributed by atoms with E-state index >= 15 is 0 Å². The van der Waals surface area contributed by atoms with Gasteiger partial charge in [0.2, 0.25) is 10.0 Å². The van der Waals surface area contributed by atoms with Gasteiger partial charge >= 0.3 is 0 Å². The van der Waals surface area contributed by atoms with E-state index in [2.05, 4.69) is 0 Å². The van der Waals surface area contributed by atoms with Gasteiger partial charge in [-0.2, -0.15) is 4.31 Å². The van der Waals surface area contributed by atoms with Crippen molar-refractivity contribution in [2.75, 3.05) is 25.4 Å². The molecule has 0 spiro atoms. The maximum Gasteiger partial charge on any atom is 0.214 e. The fourth-order valence-electron chi connectivity index (χ4n) is 2.20. The lowest BCUT2D eigenvalue weighted by molar-refractivity contribution is -0.00254. The van der Waals surface area contributed by atoms with E-state index in [0.29, 0.717) is 19.7 Å². The fourth-order valence-corrected chi connectivity index (χ4v) is 3.83. The highest BCUT2D eigenvalue weighted by molar-refractivity contribution is 7.89. The highest BCUT2D eigenvalue weighted by atomic mass is 32.2. The van der Waals surface area contributed by atoms with E-state index in [9.17, 15) is 8.42 Å². The summed E-state index contributed by atoms with van der Waals surface area (Å²) in [5, 5.41) is 0. The first kappa shape index (κ1) is 14.5. The van der Waals surface area contributed by atoms with Crippen LogP contribution in [0.15, 0.2) is 30.3 Å². The first-order chi connectivity index (χ1) is 9.13. The minimum atomic E-state index is -3.13. The van der Waals surface area contributed by atoms with Gasteiger partial charge in [0, 0.05) is 13.1 Å². The summed E-state index contributed by atoms with van der Waals surface area (Å²) >= 11 is 0. The molecule has 1 saturated heterocycles. The van der Waals surface area contributed by atoms with Gasteiger partial charge in [-0.3, -0.25) is 0 Å². The molecule has 1 aliphatic heterocycles. The van der Waals surface area contributed by atoms with Crippen molar-refractivity contribution in [2.45, 2.75) is 25.9 Å². The van der Waals surface area contributed by atoms with Gasteiger partial charge in [0.1, 0.15) is 0 Å². The standard InChI is InChI=1S/C14H21NO3S/c1-2-3-11-19(16,17)15-9-10-18-14(12-15)13-7-5-4-6-8-13/h4-8,14H,2-3,9-12H2,1H3. The highest BCUT2D eigenvalue weighted by Crippen LogP contribution is 2.23. The molecule has 0 bridgehead atoms. The lowest BCUT2D eigenvalue weighted by Crippen LogP contribution is -2.43. The molecular formula is C14H21NO3S. The minimum Gasteiger partial charge on any atom is -0.371 e. The third kappa shape index (κ3) is 3.78. The van der Waals surface area contributed by atoms with Gasteiger partial charge < -0.3 is 4.74 Å². The average Bonchev–Trinajstić information content (AvgIpc) is 2.46. The van der Waals surface area contributed by atoms with Crippen LogP contribution in [0, 0.1) is 0 Å². The molecule has 0 radical (unpaired) electrons. The Morgan fingerprint density at radius 1 is 1.32 bits per heavy atom. The summed E-state index contributed by atoms with van der Waals surface area (Å²) in [5.41, 5.74) is 1.04. The number of nitrogens with zero attached hydrogens (tertiary/aromatic N) is 1. The summed E-state index contributed by atoms with van der Waals surface area (Å²) in [4.78, 5) is 0. The number of unbranched alkanes of at least 4 members (excludes halogenated alkanes) is 1. The molecule has 1 aromatic carbocycles. The molecule has 1 aromatic rings. The Kier molecular flexibility index (Phi) is 4.96. The molecule has 1 unspecified atom stereocenters. The monoisotopic (exact) mass is 283 g/mol. The molecule has 0 saturated carbocycles. The molecule has 0 aliphatic carbocycles. The van der Waals surface area contributed by atoms with Gasteiger partial charge in [0.15, 0.2) is 0 Å². The van der Waals surface area contributed by atoms with Crippen molar-refractivity contribution in [2.24, 2.45) is 0 Å². The van der Waals surface area contributed by atoms with Gasteiger partial charge in [0.05, 0.1) is 18.5 Å². The SMILES string of the molecule is CCCCS(=O)(=O)N1CCOC(c2ccccc2)C1. The summed E-state index contributed by atoms with van der Waals surface area (Å²) in [6, 6.07) is 9.80. The van der Waals surface area contributed by atoms with Crippen LogP contribution in [0.2, 0.25) is 0 Å². The number of benzene rings is 1. The van der Waals surface area contributed by atoms with Crippen molar-refractivity contribution in [3.63, 3.8) is 0 Å². The maximum atomic E-state index is 12.2. The van der Waals surface area contributed by atoms with Crippen LogP contribution in [0.1, 0.15) is 31.4 Å². The van der Waals surface area contributed by atoms with E-state index in [-0.39, 0.29) is 11.9 Å². The summed E-state index contributed by atoms with van der Waals surface area (Å²) in [6.45, 7) is 3.36. The lowest BCUT2D eigenvalue weighted by Gasteiger charge is -2.32. The number of hydrogen-bond acceptors (Lipinski definition) is 3. The van der Waals surface area contributed by atoms with Crippen LogP contribution >= 0.6 is 0 Å². The van der Waals surface area contributed by atoms with E-state index in [4.69, 9.17) is 4.74 Å². The predicted molar refractivity (Wildman–Crippen MR) is 75.4 cm³/mol. The van der Waals surface area contributed by atoms with Crippen molar-refractivity contribution < 1.29 is 13.2 Å². The molecule has 106 valence electrons. The van der Waals surface area contributed by atoms with Crippen molar-refractivity contribution in [3.05, 3.63) is 35.9 Å². The smallest absolute Gasteiger partial charge is 0.214 e. The number of ether oxygens (including phenoxy) is 1. The molecule has 0 aromatic heterocycles. The molecule has 0 N–H and O–H groups in total. The van der Waals surface area contributed by atoms with Gasteiger partial charge in [-0.1, -0.05) is 43.7 Å². The normalized spacial score (nSPS) is 21.4. The van der Waals surface area contributed by atoms with Crippen molar-refractivity contribution in [1.29, 1.82) is 0 Å². The van der Waals surface area contributed by atoms with Crippen LogP contribution in [0.3, 0.4) is 0 Å². The Morgan fingerprint density at radius 3 is 2.74 bits per heavy atom. The lowest BCUT2D eigenvalue weighted by atomic mass is 10.1. The molecule has 1 atom stereocenters. The molecule has 1 fully saturated rings. The van der Waals surface area contributed by atoms with Crippen LogP contribution in [0.5, 0.6) is 0 Å². The van der Waals surface area contributed by atoms with E-state index in [0.717, 1.165) is 18.4 Å². The third-order valence-electron chi connectivity index (χ3n) is 3.35. The molecule has 0 amide bonds. The molecular weight excluding hydrogens is 262 g/mol. The molecule has 1 aliphatic rings. The molecule has 1 heterocycles. The van der Waals surface area contributed by atoms with Gasteiger partial charge in [0.25, 0.3) is 0 Å². The summed E-state index contributed by atoms with van der Waals surface area (Å²) in [5.74, 6) is 0.241. The van der Waals surface area contributed by atoms with Crippen molar-refractivity contribution in [1.82, 2.24) is 4.31 Å². The third-order valence-corrected chi connectivity index (χ3v) is 5.27. The van der Waals surface area contributed by atoms with E-state index in [1.165, 1.54) is 0 Å². The fraction of sp³-hybridized carbons (Fsp3) is 0.571. The van der Waals surface area contributed by atoms with Crippen molar-refractivity contribution in [3.8, 4) is 0 Å². The largest absolute Gasteiger partial charge is 0.371 e. The second-order valence-corrected chi connectivity index (χ2v) is 6.89. The number of sulfonamides is 1. The van der Waals surface area contributed by atoms with E-state index in [1.54, 1.807) is 4.31 Å². The minimum absolute atomic E-state index is 0.147. The first-order valence-electron chi connectivity index (χ1n) is 6.78. The second-order valence-electron chi connectivity index (χ2n) is 4.80. The topological polar surface area (TPSA) is 46.6 Å². The number of morpholine rings is 1. The van der Waals surface area contributed by atoms with Gasteiger partial charge in [-0.05, 0) is 12.0 Å². The maximum absolute atomic E-state index is 12.2. The Hall–Kier alpha value is -0.910. The van der Waals surface area contributed by atoms with E-state index < -0.39 is 10.0 Å². The Morgan fingerprint density at radius 2 is 2.05 bits per heavy atom. The first-order valence-corrected chi connectivity index (χ1v) is 8.39. The zero-order chi connectivity index (χ0) is 13.7. The van der Waals surface area contributed by atoms with Crippen molar-refractivity contribution >= 4 is 10.0 Å². The Balaban J connectivity index is 2.05. The Bertz CT molecular complexity index is 487. The molecule has 4 nitrogen and oxygen atoms in total. The van der Waals surface area contributed by atoms with Crippen LogP contribution in [-0.4, -0.2) is 38.2 Å².